The van der Waals surface area contributed by atoms with Gasteiger partial charge >= 0.3 is 0 Å². The molecule has 0 spiro atoms. The van der Waals surface area contributed by atoms with Gasteiger partial charge in [-0.2, -0.15) is 5.26 Å². The van der Waals surface area contributed by atoms with Gasteiger partial charge in [0.2, 0.25) is 0 Å². The second-order valence-corrected chi connectivity index (χ2v) is 4.85. The van der Waals surface area contributed by atoms with E-state index in [9.17, 15) is 0 Å². The van der Waals surface area contributed by atoms with Gasteiger partial charge < -0.3 is 0 Å². The standard InChI is InChI=1S/C16H19N3/c1-3-19(11-13(2)10-17)12-15-7-4-6-14-8-5-9-18-16(14)15/h4-9,13H,3,11-12H2,1-2H3. The van der Waals surface area contributed by atoms with Gasteiger partial charge in [-0.3, -0.25) is 9.88 Å². The summed E-state index contributed by atoms with van der Waals surface area (Å²) in [6.07, 6.45) is 1.83. The molecule has 0 saturated heterocycles. The quantitative estimate of drug-likeness (QED) is 0.821. The first-order valence-electron chi connectivity index (χ1n) is 6.69. The van der Waals surface area contributed by atoms with E-state index >= 15 is 0 Å². The van der Waals surface area contributed by atoms with Crippen molar-refractivity contribution in [1.29, 1.82) is 5.26 Å². The molecule has 1 aromatic carbocycles. The van der Waals surface area contributed by atoms with Crippen molar-refractivity contribution in [2.75, 3.05) is 13.1 Å². The number of hydrogen-bond acceptors (Lipinski definition) is 3. The van der Waals surface area contributed by atoms with Crippen LogP contribution < -0.4 is 0 Å². The summed E-state index contributed by atoms with van der Waals surface area (Å²) in [5, 5.41) is 10.1. The zero-order valence-electron chi connectivity index (χ0n) is 11.5. The molecule has 0 bridgehead atoms. The molecule has 0 amide bonds. The fourth-order valence-electron chi connectivity index (χ4n) is 2.27. The van der Waals surface area contributed by atoms with Crippen molar-refractivity contribution in [3.63, 3.8) is 0 Å². The fourth-order valence-corrected chi connectivity index (χ4v) is 2.27. The van der Waals surface area contributed by atoms with E-state index in [1.807, 2.05) is 19.2 Å². The molecule has 0 aliphatic carbocycles. The number of nitriles is 1. The van der Waals surface area contributed by atoms with E-state index in [2.05, 4.69) is 47.1 Å². The fraction of sp³-hybridized carbons (Fsp3) is 0.375. The Morgan fingerprint density at radius 2 is 2.11 bits per heavy atom. The van der Waals surface area contributed by atoms with Crippen molar-refractivity contribution in [3.8, 4) is 6.07 Å². The van der Waals surface area contributed by atoms with Crippen LogP contribution >= 0.6 is 0 Å². The molecule has 0 aliphatic rings. The maximum Gasteiger partial charge on any atom is 0.0746 e. The zero-order valence-corrected chi connectivity index (χ0v) is 11.5. The SMILES string of the molecule is CCN(Cc1cccc2cccnc12)CC(C)C#N. The molecule has 1 aromatic heterocycles. The number of hydrogen-bond donors (Lipinski definition) is 0. The van der Waals surface area contributed by atoms with Crippen LogP contribution in [0.3, 0.4) is 0 Å². The van der Waals surface area contributed by atoms with E-state index in [1.165, 1.54) is 10.9 Å². The van der Waals surface area contributed by atoms with Crippen LogP contribution in [0.1, 0.15) is 19.4 Å². The van der Waals surface area contributed by atoms with Crippen LogP contribution in [0.25, 0.3) is 10.9 Å². The molecule has 0 aliphatic heterocycles. The van der Waals surface area contributed by atoms with Crippen molar-refractivity contribution >= 4 is 10.9 Å². The number of pyridine rings is 1. The topological polar surface area (TPSA) is 39.9 Å². The van der Waals surface area contributed by atoms with E-state index in [0.717, 1.165) is 25.2 Å². The molecule has 2 aromatic rings. The number of aromatic nitrogens is 1. The van der Waals surface area contributed by atoms with E-state index < -0.39 is 0 Å². The third-order valence-electron chi connectivity index (χ3n) is 3.31. The second kappa shape index (κ2) is 6.31. The van der Waals surface area contributed by atoms with E-state index in [0.29, 0.717) is 0 Å². The average Bonchev–Trinajstić information content (AvgIpc) is 2.46. The Kier molecular flexibility index (Phi) is 4.48. The van der Waals surface area contributed by atoms with Gasteiger partial charge in [-0.1, -0.05) is 31.2 Å². The van der Waals surface area contributed by atoms with Crippen LogP contribution in [0.15, 0.2) is 36.5 Å². The minimum absolute atomic E-state index is 0.0582. The first kappa shape index (κ1) is 13.5. The Morgan fingerprint density at radius 3 is 2.84 bits per heavy atom. The number of rotatable bonds is 5. The molecule has 3 heteroatoms. The van der Waals surface area contributed by atoms with Crippen LogP contribution in [0.5, 0.6) is 0 Å². The van der Waals surface area contributed by atoms with Gasteiger partial charge in [0.15, 0.2) is 0 Å². The van der Waals surface area contributed by atoms with Crippen molar-refractivity contribution in [1.82, 2.24) is 9.88 Å². The third kappa shape index (κ3) is 3.30. The van der Waals surface area contributed by atoms with Crippen LogP contribution in [0.4, 0.5) is 0 Å². The highest BCUT2D eigenvalue weighted by molar-refractivity contribution is 5.81. The summed E-state index contributed by atoms with van der Waals surface area (Å²) in [5.41, 5.74) is 2.29. The Bertz CT molecular complexity index is 581. The molecule has 3 nitrogen and oxygen atoms in total. The maximum absolute atomic E-state index is 8.93. The van der Waals surface area contributed by atoms with Gasteiger partial charge in [-0.15, -0.1) is 0 Å². The smallest absolute Gasteiger partial charge is 0.0746 e. The zero-order chi connectivity index (χ0) is 13.7. The highest BCUT2D eigenvalue weighted by Gasteiger charge is 2.10. The van der Waals surface area contributed by atoms with Crippen LogP contribution in [-0.4, -0.2) is 23.0 Å². The molecule has 19 heavy (non-hydrogen) atoms. The predicted molar refractivity (Wildman–Crippen MR) is 77.5 cm³/mol. The minimum Gasteiger partial charge on any atom is -0.298 e. The predicted octanol–water partition coefficient (Wildman–Crippen LogP) is 3.22. The lowest BCUT2D eigenvalue weighted by atomic mass is 10.1. The number of nitrogens with zero attached hydrogens (tertiary/aromatic N) is 3. The lowest BCUT2D eigenvalue weighted by Crippen LogP contribution is -2.27. The summed E-state index contributed by atoms with van der Waals surface area (Å²) >= 11 is 0. The van der Waals surface area contributed by atoms with Gasteiger partial charge in [-0.05, 0) is 25.1 Å². The summed E-state index contributed by atoms with van der Waals surface area (Å²) < 4.78 is 0. The highest BCUT2D eigenvalue weighted by Crippen LogP contribution is 2.18. The van der Waals surface area contributed by atoms with Gasteiger partial charge in [0.1, 0.15) is 0 Å². The molecule has 1 heterocycles. The molecule has 0 radical (unpaired) electrons. The molecule has 0 fully saturated rings. The van der Waals surface area contributed by atoms with Crippen molar-refractivity contribution < 1.29 is 0 Å². The summed E-state index contributed by atoms with van der Waals surface area (Å²) in [4.78, 5) is 6.77. The normalized spacial score (nSPS) is 12.5. The highest BCUT2D eigenvalue weighted by atomic mass is 15.1. The van der Waals surface area contributed by atoms with Crippen molar-refractivity contribution in [2.45, 2.75) is 20.4 Å². The van der Waals surface area contributed by atoms with E-state index in [4.69, 9.17) is 5.26 Å². The Balaban J connectivity index is 2.22. The van der Waals surface area contributed by atoms with E-state index in [-0.39, 0.29) is 5.92 Å². The molecule has 1 unspecified atom stereocenters. The Hall–Kier alpha value is -1.92. The summed E-state index contributed by atoms with van der Waals surface area (Å²) in [6.45, 7) is 6.68. The van der Waals surface area contributed by atoms with Crippen LogP contribution in [0, 0.1) is 17.2 Å². The monoisotopic (exact) mass is 253 g/mol. The largest absolute Gasteiger partial charge is 0.298 e. The molecule has 1 atom stereocenters. The Labute approximate surface area is 114 Å². The average molecular weight is 253 g/mol. The molecule has 0 N–H and O–H groups in total. The summed E-state index contributed by atoms with van der Waals surface area (Å²) in [7, 11) is 0. The number of fused-ring (bicyclic) bond motifs is 1. The second-order valence-electron chi connectivity index (χ2n) is 4.85. The Morgan fingerprint density at radius 1 is 1.32 bits per heavy atom. The number of benzene rings is 1. The van der Waals surface area contributed by atoms with Crippen LogP contribution in [0.2, 0.25) is 0 Å². The van der Waals surface area contributed by atoms with Crippen molar-refractivity contribution in [2.24, 2.45) is 5.92 Å². The first-order chi connectivity index (χ1) is 9.24. The maximum atomic E-state index is 8.93. The molecule has 98 valence electrons. The van der Waals surface area contributed by atoms with Crippen LogP contribution in [-0.2, 0) is 6.54 Å². The van der Waals surface area contributed by atoms with Gasteiger partial charge in [0, 0.05) is 24.7 Å². The van der Waals surface area contributed by atoms with Gasteiger partial charge in [-0.25, -0.2) is 0 Å². The molecule has 0 saturated carbocycles. The minimum atomic E-state index is 0.0582. The molecular weight excluding hydrogens is 234 g/mol. The lowest BCUT2D eigenvalue weighted by molar-refractivity contribution is 0.261. The first-order valence-corrected chi connectivity index (χ1v) is 6.69. The summed E-state index contributed by atoms with van der Waals surface area (Å²) in [5.74, 6) is 0.0582. The third-order valence-corrected chi connectivity index (χ3v) is 3.31. The van der Waals surface area contributed by atoms with Crippen molar-refractivity contribution in [3.05, 3.63) is 42.1 Å². The number of para-hydroxylation sites is 1. The molecule has 2 rings (SSSR count). The van der Waals surface area contributed by atoms with Gasteiger partial charge in [0.05, 0.1) is 17.5 Å². The summed E-state index contributed by atoms with van der Waals surface area (Å²) in [6, 6.07) is 12.6. The molecular formula is C16H19N3. The van der Waals surface area contributed by atoms with Gasteiger partial charge in [0.25, 0.3) is 0 Å². The lowest BCUT2D eigenvalue weighted by Gasteiger charge is -2.22. The van der Waals surface area contributed by atoms with E-state index in [1.54, 1.807) is 0 Å².